The molecule has 0 spiro atoms. The first-order chi connectivity index (χ1) is 9.06. The van der Waals surface area contributed by atoms with Gasteiger partial charge >= 0.3 is 0 Å². The van der Waals surface area contributed by atoms with Gasteiger partial charge in [-0.05, 0) is 31.0 Å². The molecule has 1 atom stereocenters. The number of amides is 1. The quantitative estimate of drug-likeness (QED) is 0.610. The van der Waals surface area contributed by atoms with Crippen molar-refractivity contribution in [2.24, 2.45) is 5.73 Å². The van der Waals surface area contributed by atoms with Crippen LogP contribution in [0.3, 0.4) is 0 Å². The number of hydrogen-bond acceptors (Lipinski definition) is 4. The lowest BCUT2D eigenvalue weighted by Crippen LogP contribution is -3.00. The molecule has 5 nitrogen and oxygen atoms in total. The highest BCUT2D eigenvalue weighted by molar-refractivity contribution is 5.75. The van der Waals surface area contributed by atoms with Gasteiger partial charge < -0.3 is 32.9 Å². The fourth-order valence-corrected chi connectivity index (χ4v) is 1.53. The van der Waals surface area contributed by atoms with E-state index in [0.717, 1.165) is 18.5 Å². The van der Waals surface area contributed by atoms with E-state index in [1.807, 2.05) is 12.1 Å². The highest BCUT2D eigenvalue weighted by atomic mass is 35.5. The smallest absolute Gasteiger partial charge is 0.255 e. The van der Waals surface area contributed by atoms with E-state index in [9.17, 15) is 4.79 Å². The van der Waals surface area contributed by atoms with E-state index in [1.54, 1.807) is 13.2 Å². The first-order valence-electron chi connectivity index (χ1n) is 6.38. The number of halogens is 1. The van der Waals surface area contributed by atoms with Crippen molar-refractivity contribution in [3.05, 3.63) is 23.8 Å². The fourth-order valence-electron chi connectivity index (χ4n) is 1.53. The summed E-state index contributed by atoms with van der Waals surface area (Å²) in [6.07, 6.45) is 1.08. The van der Waals surface area contributed by atoms with Crippen molar-refractivity contribution >= 4 is 5.91 Å². The molecule has 0 heterocycles. The van der Waals surface area contributed by atoms with Crippen LogP contribution in [-0.2, 0) is 11.3 Å². The second kappa shape index (κ2) is 9.44. The summed E-state index contributed by atoms with van der Waals surface area (Å²) in [4.78, 5) is 10.7. The van der Waals surface area contributed by atoms with Gasteiger partial charge in [-0.25, -0.2) is 0 Å². The molecule has 3 N–H and O–H groups in total. The van der Waals surface area contributed by atoms with Crippen molar-refractivity contribution in [3.63, 3.8) is 0 Å². The molecule has 0 aromatic heterocycles. The third kappa shape index (κ3) is 6.12. The van der Waals surface area contributed by atoms with Gasteiger partial charge in [-0.2, -0.15) is 0 Å². The zero-order chi connectivity index (χ0) is 14.3. The Morgan fingerprint density at radius 1 is 1.40 bits per heavy atom. The van der Waals surface area contributed by atoms with Gasteiger partial charge in [0.1, 0.15) is 0 Å². The zero-order valence-corrected chi connectivity index (χ0v) is 12.9. The van der Waals surface area contributed by atoms with Crippen LogP contribution in [0.4, 0.5) is 0 Å². The number of rotatable bonds is 8. The zero-order valence-electron chi connectivity index (χ0n) is 12.1. The molecular weight excluding hydrogens is 280 g/mol. The minimum atomic E-state index is -0.510. The molecule has 1 unspecified atom stereocenters. The van der Waals surface area contributed by atoms with Crippen LogP contribution >= 0.6 is 0 Å². The lowest BCUT2D eigenvalue weighted by molar-refractivity contribution is -0.119. The second-order valence-electron chi connectivity index (χ2n) is 4.43. The largest absolute Gasteiger partial charge is 1.00 e. The Hall–Kier alpha value is -1.46. The SMILES string of the molecule is CCC(C)NCc1ccc(OCC(N)=O)c(OC)c1.[Cl-]. The second-order valence-corrected chi connectivity index (χ2v) is 4.43. The number of hydrogen-bond donors (Lipinski definition) is 2. The van der Waals surface area contributed by atoms with E-state index in [-0.39, 0.29) is 19.0 Å². The Labute approximate surface area is 126 Å². The molecule has 0 saturated heterocycles. The Morgan fingerprint density at radius 3 is 2.65 bits per heavy atom. The molecule has 0 radical (unpaired) electrons. The normalized spacial score (nSPS) is 11.3. The maximum Gasteiger partial charge on any atom is 0.255 e. The number of nitrogens with one attached hydrogen (secondary N) is 1. The molecule has 1 amide bonds. The predicted octanol–water partition coefficient (Wildman–Crippen LogP) is -1.55. The number of carbonyl (C=O) groups excluding carboxylic acids is 1. The fraction of sp³-hybridized carbons (Fsp3) is 0.500. The maximum absolute atomic E-state index is 10.7. The van der Waals surface area contributed by atoms with Crippen LogP contribution in [0.15, 0.2) is 18.2 Å². The molecule has 0 aliphatic heterocycles. The van der Waals surface area contributed by atoms with Gasteiger partial charge in [-0.1, -0.05) is 13.0 Å². The number of nitrogens with two attached hydrogens (primary N) is 1. The van der Waals surface area contributed by atoms with Gasteiger partial charge in [0.2, 0.25) is 0 Å². The molecular formula is C14H22ClN2O3-. The highest BCUT2D eigenvalue weighted by Gasteiger charge is 2.07. The molecule has 1 aromatic carbocycles. The summed E-state index contributed by atoms with van der Waals surface area (Å²) in [5.41, 5.74) is 6.14. The molecule has 114 valence electrons. The van der Waals surface area contributed by atoms with Crippen LogP contribution in [0.1, 0.15) is 25.8 Å². The average molecular weight is 302 g/mol. The van der Waals surface area contributed by atoms with Crippen LogP contribution in [-0.4, -0.2) is 25.7 Å². The summed E-state index contributed by atoms with van der Waals surface area (Å²) < 4.78 is 10.5. The van der Waals surface area contributed by atoms with Crippen LogP contribution in [0.25, 0.3) is 0 Å². The van der Waals surface area contributed by atoms with Crippen molar-refractivity contribution in [3.8, 4) is 11.5 Å². The van der Waals surface area contributed by atoms with Gasteiger partial charge in [-0.15, -0.1) is 0 Å². The Balaban J connectivity index is 0.00000361. The lowest BCUT2D eigenvalue weighted by Gasteiger charge is -2.14. The van der Waals surface area contributed by atoms with Crippen LogP contribution in [0, 0.1) is 0 Å². The van der Waals surface area contributed by atoms with Gasteiger partial charge in [0.25, 0.3) is 5.91 Å². The molecule has 0 fully saturated rings. The summed E-state index contributed by atoms with van der Waals surface area (Å²) in [5.74, 6) is 0.614. The molecule has 6 heteroatoms. The standard InChI is InChI=1S/C14H22N2O3.ClH/c1-4-10(2)16-8-11-5-6-12(13(7-11)18-3)19-9-14(15)17;/h5-7,10,16H,4,8-9H2,1-3H3,(H2,15,17);1H/p-1. The predicted molar refractivity (Wildman–Crippen MR) is 74.3 cm³/mol. The summed E-state index contributed by atoms with van der Waals surface area (Å²) in [6.45, 7) is 4.89. The molecule has 20 heavy (non-hydrogen) atoms. The van der Waals surface area contributed by atoms with Gasteiger partial charge in [-0.3, -0.25) is 4.79 Å². The third-order valence-corrected chi connectivity index (χ3v) is 2.86. The summed E-state index contributed by atoms with van der Waals surface area (Å²) in [6, 6.07) is 6.09. The van der Waals surface area contributed by atoms with Crippen molar-refractivity contribution < 1.29 is 26.7 Å². The van der Waals surface area contributed by atoms with Crippen LogP contribution in [0.5, 0.6) is 11.5 Å². The number of carbonyl (C=O) groups is 1. The topological polar surface area (TPSA) is 73.6 Å². The summed E-state index contributed by atoms with van der Waals surface area (Å²) in [5, 5.41) is 3.40. The third-order valence-electron chi connectivity index (χ3n) is 2.86. The molecule has 0 aliphatic rings. The highest BCUT2D eigenvalue weighted by Crippen LogP contribution is 2.28. The van der Waals surface area contributed by atoms with Crippen molar-refractivity contribution in [2.45, 2.75) is 32.9 Å². The summed E-state index contributed by atoms with van der Waals surface area (Å²) >= 11 is 0. The monoisotopic (exact) mass is 301 g/mol. The van der Waals surface area contributed by atoms with E-state index >= 15 is 0 Å². The van der Waals surface area contributed by atoms with E-state index in [2.05, 4.69) is 19.2 Å². The Bertz CT molecular complexity index is 427. The van der Waals surface area contributed by atoms with Crippen molar-refractivity contribution in [2.75, 3.05) is 13.7 Å². The van der Waals surface area contributed by atoms with Gasteiger partial charge in [0, 0.05) is 12.6 Å². The number of benzene rings is 1. The molecule has 0 aliphatic carbocycles. The first-order valence-corrected chi connectivity index (χ1v) is 6.38. The van der Waals surface area contributed by atoms with E-state index in [1.165, 1.54) is 0 Å². The lowest BCUT2D eigenvalue weighted by atomic mass is 10.1. The Kier molecular flexibility index (Phi) is 8.76. The molecule has 0 saturated carbocycles. The Morgan fingerprint density at radius 2 is 2.10 bits per heavy atom. The van der Waals surface area contributed by atoms with Crippen LogP contribution < -0.4 is 32.9 Å². The van der Waals surface area contributed by atoms with Gasteiger partial charge in [0.05, 0.1) is 7.11 Å². The van der Waals surface area contributed by atoms with E-state index in [0.29, 0.717) is 17.5 Å². The first kappa shape index (κ1) is 18.5. The van der Waals surface area contributed by atoms with Gasteiger partial charge in [0.15, 0.2) is 18.1 Å². The van der Waals surface area contributed by atoms with E-state index in [4.69, 9.17) is 15.2 Å². The maximum atomic E-state index is 10.7. The molecule has 0 bridgehead atoms. The molecule has 1 aromatic rings. The average Bonchev–Trinajstić information content (AvgIpc) is 2.42. The van der Waals surface area contributed by atoms with E-state index < -0.39 is 5.91 Å². The van der Waals surface area contributed by atoms with Crippen molar-refractivity contribution in [1.82, 2.24) is 5.32 Å². The minimum Gasteiger partial charge on any atom is -1.00 e. The van der Waals surface area contributed by atoms with Crippen molar-refractivity contribution in [1.29, 1.82) is 0 Å². The number of ether oxygens (including phenoxy) is 2. The summed E-state index contributed by atoms with van der Waals surface area (Å²) in [7, 11) is 1.57. The minimum absolute atomic E-state index is 0. The number of primary amides is 1. The molecule has 1 rings (SSSR count). The van der Waals surface area contributed by atoms with Crippen LogP contribution in [0.2, 0.25) is 0 Å². The number of methoxy groups -OCH3 is 1.